The van der Waals surface area contributed by atoms with Gasteiger partial charge in [-0.2, -0.15) is 11.8 Å². The third-order valence-electron chi connectivity index (χ3n) is 4.16. The molecular weight excluding hydrogens is 236 g/mol. The van der Waals surface area contributed by atoms with Gasteiger partial charge in [0, 0.05) is 10.7 Å². The van der Waals surface area contributed by atoms with Crippen LogP contribution in [0.3, 0.4) is 0 Å². The third kappa shape index (κ3) is 2.42. The maximum absolute atomic E-state index is 4.08. The van der Waals surface area contributed by atoms with E-state index in [0.717, 1.165) is 0 Å². The molecule has 1 aromatic rings. The van der Waals surface area contributed by atoms with Gasteiger partial charge in [0.1, 0.15) is 0 Å². The van der Waals surface area contributed by atoms with Crippen molar-refractivity contribution in [2.45, 2.75) is 37.4 Å². The van der Waals surface area contributed by atoms with Crippen molar-refractivity contribution in [3.05, 3.63) is 59.7 Å². The molecule has 0 aromatic heterocycles. The Kier molecular flexibility index (Phi) is 4.01. The summed E-state index contributed by atoms with van der Waals surface area (Å²) >= 11 is 1.94. The Morgan fingerprint density at radius 2 is 2.11 bits per heavy atom. The first-order chi connectivity index (χ1) is 8.61. The summed E-state index contributed by atoms with van der Waals surface area (Å²) in [5.41, 5.74) is 4.16. The lowest BCUT2D eigenvalue weighted by Gasteiger charge is -2.33. The second kappa shape index (κ2) is 5.36. The van der Waals surface area contributed by atoms with Crippen LogP contribution >= 0.6 is 11.8 Å². The minimum atomic E-state index is 0.0463. The Labute approximate surface area is 115 Å². The second-order valence-electron chi connectivity index (χ2n) is 5.22. The highest BCUT2D eigenvalue weighted by Crippen LogP contribution is 2.39. The molecule has 0 bridgehead atoms. The zero-order valence-corrected chi connectivity index (χ0v) is 12.4. The van der Waals surface area contributed by atoms with Gasteiger partial charge >= 0.3 is 0 Å². The Morgan fingerprint density at radius 1 is 1.33 bits per heavy atom. The van der Waals surface area contributed by atoms with Crippen molar-refractivity contribution >= 4 is 11.8 Å². The molecule has 1 heteroatoms. The number of aryl methyl sites for hydroxylation is 2. The van der Waals surface area contributed by atoms with Gasteiger partial charge in [-0.05, 0) is 49.6 Å². The molecule has 1 aromatic carbocycles. The number of thioether (sulfide) groups is 1. The van der Waals surface area contributed by atoms with Crippen LogP contribution in [0.25, 0.3) is 0 Å². The summed E-state index contributed by atoms with van der Waals surface area (Å²) < 4.78 is 0. The number of hydrogen-bond acceptors (Lipinski definition) is 1. The minimum Gasteiger partial charge on any atom is -0.158 e. The number of rotatable bonds is 3. The minimum absolute atomic E-state index is 0.0463. The summed E-state index contributed by atoms with van der Waals surface area (Å²) in [6.45, 7) is 8.43. The smallest absolute Gasteiger partial charge is 0.0310 e. The highest BCUT2D eigenvalue weighted by Gasteiger charge is 2.30. The number of hydrogen-bond donors (Lipinski definition) is 0. The Balaban J connectivity index is 2.39. The van der Waals surface area contributed by atoms with Crippen LogP contribution in [0.4, 0.5) is 0 Å². The molecule has 96 valence electrons. The molecule has 0 aliphatic heterocycles. The maximum atomic E-state index is 4.08. The maximum Gasteiger partial charge on any atom is 0.0310 e. The van der Waals surface area contributed by atoms with Gasteiger partial charge in [0.2, 0.25) is 0 Å². The molecule has 0 N–H and O–H groups in total. The highest BCUT2D eigenvalue weighted by atomic mass is 32.2. The van der Waals surface area contributed by atoms with E-state index in [9.17, 15) is 0 Å². The van der Waals surface area contributed by atoms with E-state index in [2.05, 4.69) is 63.1 Å². The zero-order chi connectivity index (χ0) is 13.2. The van der Waals surface area contributed by atoms with E-state index in [4.69, 9.17) is 0 Å². The summed E-state index contributed by atoms with van der Waals surface area (Å²) in [7, 11) is 0. The lowest BCUT2D eigenvalue weighted by Crippen LogP contribution is -2.26. The Hall–Kier alpha value is -0.950. The molecule has 0 nitrogen and oxygen atoms in total. The molecule has 1 aliphatic rings. The molecule has 1 unspecified atom stereocenters. The van der Waals surface area contributed by atoms with Gasteiger partial charge < -0.3 is 0 Å². The monoisotopic (exact) mass is 258 g/mol. The largest absolute Gasteiger partial charge is 0.158 e. The molecule has 0 fully saturated rings. The fraction of sp³-hybridized carbons (Fsp3) is 0.412. The standard InChI is InChI=1S/C17H22S/c1-5-17(10-8-16(18-4)9-11-17)15-7-6-13(2)14(3)12-15/h5-8,10,12,16H,1,9,11H2,2-4H3/t16?,17-/m0/s1. The topological polar surface area (TPSA) is 0 Å². The van der Waals surface area contributed by atoms with Crippen LogP contribution in [0.15, 0.2) is 43.0 Å². The molecular formula is C17H22S. The Morgan fingerprint density at radius 3 is 2.61 bits per heavy atom. The van der Waals surface area contributed by atoms with E-state index in [-0.39, 0.29) is 5.41 Å². The van der Waals surface area contributed by atoms with E-state index >= 15 is 0 Å². The van der Waals surface area contributed by atoms with E-state index in [1.165, 1.54) is 29.5 Å². The lowest BCUT2D eigenvalue weighted by molar-refractivity contribution is 0.553. The van der Waals surface area contributed by atoms with E-state index < -0.39 is 0 Å². The molecule has 1 aliphatic carbocycles. The van der Waals surface area contributed by atoms with Gasteiger partial charge in [0.15, 0.2) is 0 Å². The molecule has 0 saturated heterocycles. The second-order valence-corrected chi connectivity index (χ2v) is 6.29. The predicted octanol–water partition coefficient (Wildman–Crippen LogP) is 4.81. The average Bonchev–Trinajstić information content (AvgIpc) is 2.42. The fourth-order valence-corrected chi connectivity index (χ4v) is 3.18. The van der Waals surface area contributed by atoms with Gasteiger partial charge in [-0.3, -0.25) is 0 Å². The van der Waals surface area contributed by atoms with Crippen molar-refractivity contribution in [1.29, 1.82) is 0 Å². The average molecular weight is 258 g/mol. The first-order valence-electron chi connectivity index (χ1n) is 6.55. The van der Waals surface area contributed by atoms with E-state index in [1.54, 1.807) is 0 Å². The SMILES string of the molecule is C=C[C@]1(c2ccc(C)c(C)c2)C=CC(SC)CC1. The lowest BCUT2D eigenvalue weighted by atomic mass is 9.73. The van der Waals surface area contributed by atoms with Crippen molar-refractivity contribution in [1.82, 2.24) is 0 Å². The van der Waals surface area contributed by atoms with E-state index in [1.807, 2.05) is 11.8 Å². The predicted molar refractivity (Wildman–Crippen MR) is 83.5 cm³/mol. The molecule has 0 spiro atoms. The van der Waals surface area contributed by atoms with Gasteiger partial charge in [-0.1, -0.05) is 36.4 Å². The summed E-state index contributed by atoms with van der Waals surface area (Å²) in [5, 5.41) is 0.671. The zero-order valence-electron chi connectivity index (χ0n) is 11.6. The van der Waals surface area contributed by atoms with Crippen LogP contribution in [0.1, 0.15) is 29.5 Å². The van der Waals surface area contributed by atoms with Gasteiger partial charge in [-0.25, -0.2) is 0 Å². The molecule has 18 heavy (non-hydrogen) atoms. The summed E-state index contributed by atoms with van der Waals surface area (Å²) in [5.74, 6) is 0. The summed E-state index contributed by atoms with van der Waals surface area (Å²) in [6.07, 6.45) is 11.4. The normalized spacial score (nSPS) is 27.2. The molecule has 2 atom stereocenters. The summed E-state index contributed by atoms with van der Waals surface area (Å²) in [4.78, 5) is 0. The quantitative estimate of drug-likeness (QED) is 0.701. The molecule has 0 saturated carbocycles. The van der Waals surface area contributed by atoms with E-state index in [0.29, 0.717) is 5.25 Å². The van der Waals surface area contributed by atoms with Crippen molar-refractivity contribution < 1.29 is 0 Å². The van der Waals surface area contributed by atoms with Gasteiger partial charge in [0.05, 0.1) is 0 Å². The van der Waals surface area contributed by atoms with Crippen LogP contribution in [-0.2, 0) is 5.41 Å². The van der Waals surface area contributed by atoms with Gasteiger partial charge in [0.25, 0.3) is 0 Å². The first-order valence-corrected chi connectivity index (χ1v) is 7.83. The Bertz CT molecular complexity index is 472. The van der Waals surface area contributed by atoms with Crippen LogP contribution < -0.4 is 0 Å². The van der Waals surface area contributed by atoms with Crippen LogP contribution in [-0.4, -0.2) is 11.5 Å². The van der Waals surface area contributed by atoms with Crippen molar-refractivity contribution in [2.75, 3.05) is 6.26 Å². The highest BCUT2D eigenvalue weighted by molar-refractivity contribution is 7.99. The molecule has 0 amide bonds. The fourth-order valence-electron chi connectivity index (χ4n) is 2.60. The van der Waals surface area contributed by atoms with Crippen molar-refractivity contribution in [3.63, 3.8) is 0 Å². The van der Waals surface area contributed by atoms with Gasteiger partial charge in [-0.15, -0.1) is 6.58 Å². The van der Waals surface area contributed by atoms with Crippen molar-refractivity contribution in [3.8, 4) is 0 Å². The molecule has 0 radical (unpaired) electrons. The summed E-state index contributed by atoms with van der Waals surface area (Å²) in [6, 6.07) is 6.80. The van der Waals surface area contributed by atoms with Crippen LogP contribution in [0.5, 0.6) is 0 Å². The number of benzene rings is 1. The third-order valence-corrected chi connectivity index (χ3v) is 5.16. The number of allylic oxidation sites excluding steroid dienone is 2. The first kappa shape index (κ1) is 13.5. The molecule has 0 heterocycles. The van der Waals surface area contributed by atoms with Crippen molar-refractivity contribution in [2.24, 2.45) is 0 Å². The molecule has 2 rings (SSSR count). The van der Waals surface area contributed by atoms with Crippen LogP contribution in [0.2, 0.25) is 0 Å². The van der Waals surface area contributed by atoms with Crippen LogP contribution in [0, 0.1) is 13.8 Å².